The van der Waals surface area contributed by atoms with Gasteiger partial charge in [-0.3, -0.25) is 0 Å². The Morgan fingerprint density at radius 3 is 2.72 bits per heavy atom. The van der Waals surface area contributed by atoms with Crippen LogP contribution in [0.15, 0.2) is 6.07 Å². The molecule has 0 unspecified atom stereocenters. The van der Waals surface area contributed by atoms with Crippen LogP contribution in [0, 0.1) is 12.8 Å². The molecule has 1 aromatic heterocycles. The highest BCUT2D eigenvalue weighted by atomic mass is 16.5. The molecule has 18 heavy (non-hydrogen) atoms. The van der Waals surface area contributed by atoms with Crippen molar-refractivity contribution in [2.45, 2.75) is 47.0 Å². The Hall–Kier alpha value is -1.32. The first-order chi connectivity index (χ1) is 8.61. The predicted molar refractivity (Wildman–Crippen MR) is 75.1 cm³/mol. The molecule has 0 aliphatic rings. The fourth-order valence-electron chi connectivity index (χ4n) is 1.75. The molecule has 0 spiro atoms. The average Bonchev–Trinajstić information content (AvgIpc) is 2.28. The Balaban J connectivity index is 2.37. The summed E-state index contributed by atoms with van der Waals surface area (Å²) in [5.74, 6) is 3.03. The number of hydrogen-bond donors (Lipinski definition) is 1. The van der Waals surface area contributed by atoms with Crippen LogP contribution in [0.4, 0.5) is 5.82 Å². The highest BCUT2D eigenvalue weighted by molar-refractivity contribution is 5.38. The minimum Gasteiger partial charge on any atom is -0.478 e. The number of rotatable bonds is 8. The molecule has 0 saturated heterocycles. The number of nitrogens with zero attached hydrogens (tertiary/aromatic N) is 2. The molecule has 102 valence electrons. The fourth-order valence-corrected chi connectivity index (χ4v) is 1.75. The molecular formula is C14H25N3O. The van der Waals surface area contributed by atoms with Crippen LogP contribution < -0.4 is 10.1 Å². The summed E-state index contributed by atoms with van der Waals surface area (Å²) in [6.07, 6.45) is 3.72. The molecule has 0 saturated carbocycles. The summed E-state index contributed by atoms with van der Waals surface area (Å²) in [6, 6.07) is 1.86. The highest BCUT2D eigenvalue weighted by Crippen LogP contribution is 2.13. The summed E-state index contributed by atoms with van der Waals surface area (Å²) in [7, 11) is 0. The number of ether oxygens (including phenoxy) is 1. The third-order valence-electron chi connectivity index (χ3n) is 2.62. The van der Waals surface area contributed by atoms with Gasteiger partial charge >= 0.3 is 0 Å². The van der Waals surface area contributed by atoms with Gasteiger partial charge in [-0.1, -0.05) is 26.7 Å². The molecule has 4 nitrogen and oxygen atoms in total. The van der Waals surface area contributed by atoms with Gasteiger partial charge in [-0.15, -0.1) is 0 Å². The van der Waals surface area contributed by atoms with Crippen LogP contribution in [0.3, 0.4) is 0 Å². The van der Waals surface area contributed by atoms with E-state index in [2.05, 4.69) is 29.1 Å². The van der Waals surface area contributed by atoms with E-state index < -0.39 is 0 Å². The summed E-state index contributed by atoms with van der Waals surface area (Å²) >= 11 is 0. The summed E-state index contributed by atoms with van der Waals surface area (Å²) < 4.78 is 5.40. The number of aromatic nitrogens is 2. The van der Waals surface area contributed by atoms with E-state index in [-0.39, 0.29) is 0 Å². The molecule has 0 aliphatic heterocycles. The number of nitrogens with one attached hydrogen (secondary N) is 1. The van der Waals surface area contributed by atoms with Gasteiger partial charge in [0.2, 0.25) is 5.88 Å². The summed E-state index contributed by atoms with van der Waals surface area (Å²) in [5.41, 5.74) is 0. The van der Waals surface area contributed by atoms with E-state index in [1.165, 1.54) is 19.3 Å². The number of aryl methyl sites for hydroxylation is 1. The molecule has 1 N–H and O–H groups in total. The first kappa shape index (κ1) is 14.7. The second-order valence-electron chi connectivity index (χ2n) is 4.89. The lowest BCUT2D eigenvalue weighted by Gasteiger charge is -2.09. The topological polar surface area (TPSA) is 47.0 Å². The number of anilines is 1. The summed E-state index contributed by atoms with van der Waals surface area (Å²) in [5, 5.41) is 3.33. The SMILES string of the molecule is CCOc1cc(NCCCCC(C)C)nc(C)n1. The molecule has 0 aliphatic carbocycles. The van der Waals surface area contributed by atoms with Gasteiger partial charge in [0.15, 0.2) is 0 Å². The molecule has 4 heteroatoms. The lowest BCUT2D eigenvalue weighted by atomic mass is 10.1. The first-order valence-electron chi connectivity index (χ1n) is 6.84. The van der Waals surface area contributed by atoms with Crippen molar-refractivity contribution in [2.24, 2.45) is 5.92 Å². The van der Waals surface area contributed by atoms with Crippen LogP contribution in [0.1, 0.15) is 45.9 Å². The van der Waals surface area contributed by atoms with E-state index in [1.807, 2.05) is 19.9 Å². The highest BCUT2D eigenvalue weighted by Gasteiger charge is 2.02. The number of unbranched alkanes of at least 4 members (excludes halogenated alkanes) is 1. The Morgan fingerprint density at radius 1 is 1.28 bits per heavy atom. The van der Waals surface area contributed by atoms with Crippen molar-refractivity contribution in [1.82, 2.24) is 9.97 Å². The van der Waals surface area contributed by atoms with E-state index >= 15 is 0 Å². The average molecular weight is 251 g/mol. The third kappa shape index (κ3) is 5.84. The van der Waals surface area contributed by atoms with Crippen LogP contribution >= 0.6 is 0 Å². The molecular weight excluding hydrogens is 226 g/mol. The molecule has 1 aromatic rings. The van der Waals surface area contributed by atoms with E-state index in [0.717, 1.165) is 24.1 Å². The molecule has 0 radical (unpaired) electrons. The van der Waals surface area contributed by atoms with Crippen LogP contribution in [-0.2, 0) is 0 Å². The van der Waals surface area contributed by atoms with Gasteiger partial charge < -0.3 is 10.1 Å². The van der Waals surface area contributed by atoms with Gasteiger partial charge in [-0.25, -0.2) is 4.98 Å². The normalized spacial score (nSPS) is 10.7. The third-order valence-corrected chi connectivity index (χ3v) is 2.62. The van der Waals surface area contributed by atoms with Crippen LogP contribution in [0.5, 0.6) is 5.88 Å². The lowest BCUT2D eigenvalue weighted by Crippen LogP contribution is -2.06. The maximum Gasteiger partial charge on any atom is 0.218 e. The fraction of sp³-hybridized carbons (Fsp3) is 0.714. The zero-order valence-corrected chi connectivity index (χ0v) is 12.0. The van der Waals surface area contributed by atoms with Gasteiger partial charge in [0.1, 0.15) is 11.6 Å². The zero-order chi connectivity index (χ0) is 13.4. The quantitative estimate of drug-likeness (QED) is 0.719. The summed E-state index contributed by atoms with van der Waals surface area (Å²) in [6.45, 7) is 9.94. The second kappa shape index (κ2) is 7.90. The van der Waals surface area contributed by atoms with E-state index in [9.17, 15) is 0 Å². The van der Waals surface area contributed by atoms with Crippen LogP contribution in [-0.4, -0.2) is 23.1 Å². The predicted octanol–water partition coefficient (Wildman–Crippen LogP) is 3.42. The van der Waals surface area contributed by atoms with Gasteiger partial charge in [-0.2, -0.15) is 4.98 Å². The van der Waals surface area contributed by atoms with Gasteiger partial charge in [0, 0.05) is 12.6 Å². The van der Waals surface area contributed by atoms with Crippen molar-refractivity contribution >= 4 is 5.82 Å². The molecule has 1 heterocycles. The Bertz CT molecular complexity index is 353. The van der Waals surface area contributed by atoms with Crippen molar-refractivity contribution in [3.8, 4) is 5.88 Å². The molecule has 0 amide bonds. The van der Waals surface area contributed by atoms with Crippen LogP contribution in [0.25, 0.3) is 0 Å². The van der Waals surface area contributed by atoms with Crippen molar-refractivity contribution in [3.05, 3.63) is 11.9 Å². The number of hydrogen-bond acceptors (Lipinski definition) is 4. The summed E-state index contributed by atoms with van der Waals surface area (Å²) in [4.78, 5) is 8.56. The largest absolute Gasteiger partial charge is 0.478 e. The molecule has 0 atom stereocenters. The van der Waals surface area contributed by atoms with E-state index in [1.54, 1.807) is 0 Å². The molecule has 0 fully saturated rings. The zero-order valence-electron chi connectivity index (χ0n) is 12.0. The maximum atomic E-state index is 5.40. The van der Waals surface area contributed by atoms with Gasteiger partial charge in [0.25, 0.3) is 0 Å². The first-order valence-corrected chi connectivity index (χ1v) is 6.84. The smallest absolute Gasteiger partial charge is 0.218 e. The van der Waals surface area contributed by atoms with Crippen molar-refractivity contribution in [1.29, 1.82) is 0 Å². The monoisotopic (exact) mass is 251 g/mol. The Kier molecular flexibility index (Phi) is 6.47. The molecule has 0 bridgehead atoms. The van der Waals surface area contributed by atoms with Crippen molar-refractivity contribution < 1.29 is 4.74 Å². The maximum absolute atomic E-state index is 5.40. The van der Waals surface area contributed by atoms with E-state index in [4.69, 9.17) is 4.74 Å². The minimum atomic E-state index is 0.629. The standard InChI is InChI=1S/C14H25N3O/c1-5-18-14-10-13(16-12(4)17-14)15-9-7-6-8-11(2)3/h10-11H,5-9H2,1-4H3,(H,15,16,17). The molecule has 0 aromatic carbocycles. The van der Waals surface area contributed by atoms with Crippen molar-refractivity contribution in [2.75, 3.05) is 18.5 Å². The molecule has 1 rings (SSSR count). The minimum absolute atomic E-state index is 0.629. The van der Waals surface area contributed by atoms with Gasteiger partial charge in [0.05, 0.1) is 6.61 Å². The lowest BCUT2D eigenvalue weighted by molar-refractivity contribution is 0.325. The Morgan fingerprint density at radius 2 is 2.06 bits per heavy atom. The Labute approximate surface area is 110 Å². The van der Waals surface area contributed by atoms with E-state index in [0.29, 0.717) is 12.5 Å². The second-order valence-corrected chi connectivity index (χ2v) is 4.89. The van der Waals surface area contributed by atoms with Crippen molar-refractivity contribution in [3.63, 3.8) is 0 Å². The van der Waals surface area contributed by atoms with Gasteiger partial charge in [-0.05, 0) is 26.2 Å². The van der Waals surface area contributed by atoms with Crippen LogP contribution in [0.2, 0.25) is 0 Å².